The summed E-state index contributed by atoms with van der Waals surface area (Å²) in [6, 6.07) is 7.44. The monoisotopic (exact) mass is 277 g/mol. The lowest BCUT2D eigenvalue weighted by molar-refractivity contribution is -0.125. The molecule has 1 saturated heterocycles. The summed E-state index contributed by atoms with van der Waals surface area (Å²) in [5, 5.41) is 2.73. The van der Waals surface area contributed by atoms with Crippen LogP contribution in [0.3, 0.4) is 0 Å². The van der Waals surface area contributed by atoms with Gasteiger partial charge in [-0.25, -0.2) is 0 Å². The molecule has 5 nitrogen and oxygen atoms in total. The molecule has 5 heteroatoms. The molecular formula is C15H23N3O2. The van der Waals surface area contributed by atoms with Crippen molar-refractivity contribution in [1.29, 1.82) is 0 Å². The molecule has 1 aliphatic heterocycles. The first kappa shape index (κ1) is 14.7. The van der Waals surface area contributed by atoms with Crippen molar-refractivity contribution in [1.82, 2.24) is 10.2 Å². The number of carbonyl (C=O) groups is 1. The fraction of sp³-hybridized carbons (Fsp3) is 0.533. The van der Waals surface area contributed by atoms with Crippen LogP contribution in [0.15, 0.2) is 24.3 Å². The van der Waals surface area contributed by atoms with Gasteiger partial charge in [0, 0.05) is 25.2 Å². The Kier molecular flexibility index (Phi) is 5.24. The van der Waals surface area contributed by atoms with E-state index < -0.39 is 0 Å². The highest BCUT2D eigenvalue weighted by Gasteiger charge is 2.23. The highest BCUT2D eigenvalue weighted by molar-refractivity contribution is 5.78. The van der Waals surface area contributed by atoms with Crippen LogP contribution >= 0.6 is 0 Å². The van der Waals surface area contributed by atoms with Gasteiger partial charge < -0.3 is 15.8 Å². The number of nitrogens with one attached hydrogen (secondary N) is 1. The number of nitrogens with zero attached hydrogens (tertiary/aromatic N) is 1. The summed E-state index contributed by atoms with van der Waals surface area (Å²) in [6.07, 6.45) is 1.86. The number of hydrogen-bond acceptors (Lipinski definition) is 4. The lowest BCUT2D eigenvalue weighted by Crippen LogP contribution is -2.41. The van der Waals surface area contributed by atoms with Crippen LogP contribution < -0.4 is 15.8 Å². The van der Waals surface area contributed by atoms with Crippen molar-refractivity contribution in [2.45, 2.75) is 12.8 Å². The number of piperidine rings is 1. The molecule has 1 heterocycles. The Balaban J connectivity index is 1.66. The number of nitrogen functional groups attached to an aromatic ring is 1. The van der Waals surface area contributed by atoms with Crippen molar-refractivity contribution in [2.24, 2.45) is 5.92 Å². The topological polar surface area (TPSA) is 67.6 Å². The lowest BCUT2D eigenvalue weighted by atomic mass is 9.96. The Hall–Kier alpha value is -1.75. The summed E-state index contributed by atoms with van der Waals surface area (Å²) in [5.41, 5.74) is 6.37. The highest BCUT2D eigenvalue weighted by atomic mass is 16.5. The largest absolute Gasteiger partial charge is 0.492 e. The van der Waals surface area contributed by atoms with Gasteiger partial charge in [0.05, 0.1) is 0 Å². The first-order chi connectivity index (χ1) is 9.69. The summed E-state index contributed by atoms with van der Waals surface area (Å²) < 4.78 is 5.68. The van der Waals surface area contributed by atoms with Crippen LogP contribution in [0.2, 0.25) is 0 Å². The van der Waals surface area contributed by atoms with E-state index in [9.17, 15) is 4.79 Å². The second kappa shape index (κ2) is 7.14. The number of carbonyl (C=O) groups excluding carboxylic acids is 1. The molecule has 0 aromatic heterocycles. The van der Waals surface area contributed by atoms with Gasteiger partial charge in [0.15, 0.2) is 0 Å². The molecule has 1 aromatic rings. The lowest BCUT2D eigenvalue weighted by Gasteiger charge is -2.30. The van der Waals surface area contributed by atoms with Gasteiger partial charge in [0.25, 0.3) is 0 Å². The normalized spacial score (nSPS) is 16.9. The predicted molar refractivity (Wildman–Crippen MR) is 79.6 cm³/mol. The van der Waals surface area contributed by atoms with E-state index in [0.717, 1.165) is 43.9 Å². The van der Waals surface area contributed by atoms with E-state index in [-0.39, 0.29) is 11.8 Å². The Morgan fingerprint density at radius 3 is 2.60 bits per heavy atom. The molecule has 1 aliphatic rings. The maximum Gasteiger partial charge on any atom is 0.222 e. The molecule has 1 fully saturated rings. The van der Waals surface area contributed by atoms with Crippen LogP contribution in [-0.2, 0) is 4.79 Å². The predicted octanol–water partition coefficient (Wildman–Crippen LogP) is 1.11. The Labute approximate surface area is 120 Å². The standard InChI is InChI=1S/C15H23N3O2/c1-17-15(19)12-6-8-18(9-7-12)10-11-20-14-4-2-13(16)3-5-14/h2-5,12H,6-11,16H2,1H3,(H,17,19). The van der Waals surface area contributed by atoms with Gasteiger partial charge in [-0.05, 0) is 50.2 Å². The van der Waals surface area contributed by atoms with Crippen molar-refractivity contribution < 1.29 is 9.53 Å². The average molecular weight is 277 g/mol. The number of amides is 1. The number of rotatable bonds is 5. The van der Waals surface area contributed by atoms with Gasteiger partial charge in [-0.15, -0.1) is 0 Å². The van der Waals surface area contributed by atoms with Gasteiger partial charge in [0.2, 0.25) is 5.91 Å². The van der Waals surface area contributed by atoms with Crippen LogP contribution in [0.4, 0.5) is 5.69 Å². The van der Waals surface area contributed by atoms with E-state index in [1.807, 2.05) is 24.3 Å². The van der Waals surface area contributed by atoms with Gasteiger partial charge in [-0.1, -0.05) is 0 Å². The number of anilines is 1. The molecule has 0 aliphatic carbocycles. The van der Waals surface area contributed by atoms with Crippen molar-refractivity contribution in [3.05, 3.63) is 24.3 Å². The second-order valence-electron chi connectivity index (χ2n) is 5.15. The van der Waals surface area contributed by atoms with Crippen molar-refractivity contribution in [2.75, 3.05) is 39.0 Å². The second-order valence-corrected chi connectivity index (χ2v) is 5.15. The van der Waals surface area contributed by atoms with Crippen LogP contribution in [0.5, 0.6) is 5.75 Å². The summed E-state index contributed by atoms with van der Waals surface area (Å²) >= 11 is 0. The van der Waals surface area contributed by atoms with Crippen LogP contribution in [0, 0.1) is 5.92 Å². The number of benzene rings is 1. The van der Waals surface area contributed by atoms with Gasteiger partial charge in [-0.2, -0.15) is 0 Å². The number of nitrogens with two attached hydrogens (primary N) is 1. The maximum absolute atomic E-state index is 11.5. The third kappa shape index (κ3) is 4.13. The zero-order chi connectivity index (χ0) is 14.4. The highest BCUT2D eigenvalue weighted by Crippen LogP contribution is 2.17. The zero-order valence-electron chi connectivity index (χ0n) is 12.0. The molecule has 0 spiro atoms. The molecule has 3 N–H and O–H groups in total. The summed E-state index contributed by atoms with van der Waals surface area (Å²) in [6.45, 7) is 3.48. The smallest absolute Gasteiger partial charge is 0.222 e. The van der Waals surface area contributed by atoms with Gasteiger partial charge >= 0.3 is 0 Å². The summed E-state index contributed by atoms with van der Waals surface area (Å²) in [7, 11) is 1.70. The molecule has 0 bridgehead atoms. The van der Waals surface area contributed by atoms with E-state index in [1.165, 1.54) is 0 Å². The Morgan fingerprint density at radius 2 is 2.00 bits per heavy atom. The van der Waals surface area contributed by atoms with E-state index in [0.29, 0.717) is 6.61 Å². The van der Waals surface area contributed by atoms with Gasteiger partial charge in [0.1, 0.15) is 12.4 Å². The summed E-state index contributed by atoms with van der Waals surface area (Å²) in [4.78, 5) is 13.9. The summed E-state index contributed by atoms with van der Waals surface area (Å²) in [5.74, 6) is 1.19. The zero-order valence-corrected chi connectivity index (χ0v) is 12.0. The van der Waals surface area contributed by atoms with E-state index >= 15 is 0 Å². The molecule has 0 atom stereocenters. The Bertz CT molecular complexity index is 425. The van der Waals surface area contributed by atoms with E-state index in [2.05, 4.69) is 10.2 Å². The minimum Gasteiger partial charge on any atom is -0.492 e. The minimum absolute atomic E-state index is 0.169. The molecule has 0 radical (unpaired) electrons. The molecule has 110 valence electrons. The molecule has 20 heavy (non-hydrogen) atoms. The molecule has 1 aromatic carbocycles. The van der Waals surface area contributed by atoms with Crippen LogP contribution in [0.25, 0.3) is 0 Å². The molecular weight excluding hydrogens is 254 g/mol. The quantitative estimate of drug-likeness (QED) is 0.791. The van der Waals surface area contributed by atoms with Crippen molar-refractivity contribution in [3.63, 3.8) is 0 Å². The Morgan fingerprint density at radius 1 is 1.35 bits per heavy atom. The van der Waals surface area contributed by atoms with Crippen LogP contribution in [0.1, 0.15) is 12.8 Å². The first-order valence-corrected chi connectivity index (χ1v) is 7.11. The maximum atomic E-state index is 11.5. The SMILES string of the molecule is CNC(=O)C1CCN(CCOc2ccc(N)cc2)CC1. The van der Waals surface area contributed by atoms with Crippen molar-refractivity contribution >= 4 is 11.6 Å². The van der Waals surface area contributed by atoms with E-state index in [1.54, 1.807) is 7.05 Å². The molecule has 0 saturated carbocycles. The minimum atomic E-state index is 0.169. The number of likely N-dealkylation sites (tertiary alicyclic amines) is 1. The average Bonchev–Trinajstić information content (AvgIpc) is 2.49. The number of ether oxygens (including phenoxy) is 1. The first-order valence-electron chi connectivity index (χ1n) is 7.11. The van der Waals surface area contributed by atoms with Crippen LogP contribution in [-0.4, -0.2) is 44.1 Å². The molecule has 2 rings (SSSR count). The third-order valence-electron chi connectivity index (χ3n) is 3.76. The molecule has 1 amide bonds. The van der Waals surface area contributed by atoms with E-state index in [4.69, 9.17) is 10.5 Å². The third-order valence-corrected chi connectivity index (χ3v) is 3.76. The fourth-order valence-corrected chi connectivity index (χ4v) is 2.48. The molecule has 0 unspecified atom stereocenters. The number of hydrogen-bond donors (Lipinski definition) is 2. The van der Waals surface area contributed by atoms with Crippen molar-refractivity contribution in [3.8, 4) is 5.75 Å². The van der Waals surface area contributed by atoms with Gasteiger partial charge in [-0.3, -0.25) is 9.69 Å². The fourth-order valence-electron chi connectivity index (χ4n) is 2.48.